The third-order valence-electron chi connectivity index (χ3n) is 7.33. The van der Waals surface area contributed by atoms with Crippen molar-refractivity contribution in [1.29, 1.82) is 0 Å². The molecule has 200 valence electrons. The van der Waals surface area contributed by atoms with E-state index in [-0.39, 0.29) is 17.8 Å². The number of thiophene rings is 1. The summed E-state index contributed by atoms with van der Waals surface area (Å²) in [5.74, 6) is 0.0588. The molecule has 1 aromatic carbocycles. The highest BCUT2D eigenvalue weighted by Gasteiger charge is 2.33. The zero-order valence-electron chi connectivity index (χ0n) is 21.8. The normalized spacial score (nSPS) is 15.6. The summed E-state index contributed by atoms with van der Waals surface area (Å²) in [4.78, 5) is 30.7. The van der Waals surface area contributed by atoms with Crippen molar-refractivity contribution >= 4 is 27.4 Å². The smallest absolute Gasteiger partial charge is 0.329 e. The van der Waals surface area contributed by atoms with Gasteiger partial charge in [-0.15, -0.1) is 11.3 Å². The first kappa shape index (κ1) is 26.2. The number of oxazole rings is 1. The van der Waals surface area contributed by atoms with E-state index < -0.39 is 11.5 Å². The molecular weight excluding hydrogens is 504 g/mol. The zero-order chi connectivity index (χ0) is 26.9. The second kappa shape index (κ2) is 10.7. The molecule has 0 aliphatic heterocycles. The highest BCUT2D eigenvalue weighted by molar-refractivity contribution is 7.22. The predicted molar refractivity (Wildman–Crippen MR) is 146 cm³/mol. The summed E-state index contributed by atoms with van der Waals surface area (Å²) in [6.07, 6.45) is 10.4. The summed E-state index contributed by atoms with van der Waals surface area (Å²) in [6, 6.07) is 9.56. The first-order valence-electron chi connectivity index (χ1n) is 12.9. The number of fused-ring (bicyclic) bond motifs is 1. The Bertz CT molecular complexity index is 1480. The van der Waals surface area contributed by atoms with Gasteiger partial charge in [0, 0.05) is 22.9 Å². The summed E-state index contributed by atoms with van der Waals surface area (Å²) >= 11 is 1.41. The minimum absolute atomic E-state index is 0.127. The number of rotatable bonds is 9. The molecule has 0 unspecified atom stereocenters. The van der Waals surface area contributed by atoms with E-state index in [0.717, 1.165) is 47.3 Å². The number of para-hydroxylation sites is 1. The number of methoxy groups -OCH3 is 1. The van der Waals surface area contributed by atoms with Gasteiger partial charge in [0.2, 0.25) is 5.89 Å². The summed E-state index contributed by atoms with van der Waals surface area (Å²) < 4.78 is 20.0. The maximum absolute atomic E-state index is 13.6. The first-order chi connectivity index (χ1) is 18.3. The van der Waals surface area contributed by atoms with Gasteiger partial charge in [-0.2, -0.15) is 0 Å². The average molecular weight is 537 g/mol. The van der Waals surface area contributed by atoms with Crippen molar-refractivity contribution in [1.82, 2.24) is 9.55 Å². The van der Waals surface area contributed by atoms with Crippen molar-refractivity contribution in [2.24, 2.45) is 0 Å². The highest BCUT2D eigenvalue weighted by atomic mass is 32.1. The number of aliphatic carboxylic acids is 1. The zero-order valence-corrected chi connectivity index (χ0v) is 22.6. The van der Waals surface area contributed by atoms with Crippen LogP contribution in [0.3, 0.4) is 0 Å². The van der Waals surface area contributed by atoms with Gasteiger partial charge in [-0.1, -0.05) is 37.5 Å². The van der Waals surface area contributed by atoms with Crippen LogP contribution in [0.1, 0.15) is 63.2 Å². The molecule has 0 saturated heterocycles. The summed E-state index contributed by atoms with van der Waals surface area (Å²) in [5.41, 5.74) is -0.0704. The number of aromatic nitrogens is 2. The molecule has 1 aliphatic carbocycles. The van der Waals surface area contributed by atoms with Crippen LogP contribution in [0.4, 0.5) is 0 Å². The molecule has 1 saturated carbocycles. The van der Waals surface area contributed by atoms with Crippen molar-refractivity contribution in [3.63, 3.8) is 0 Å². The Morgan fingerprint density at radius 3 is 2.71 bits per heavy atom. The van der Waals surface area contributed by atoms with Crippen LogP contribution in [0, 0.1) is 0 Å². The first-order valence-corrected chi connectivity index (χ1v) is 13.7. The van der Waals surface area contributed by atoms with Crippen molar-refractivity contribution < 1.29 is 23.8 Å². The van der Waals surface area contributed by atoms with Gasteiger partial charge in [0.05, 0.1) is 35.8 Å². The standard InChI is InChI=1S/C29H32N2O6S/c1-29(2,28(33)34)31-17-18(25-21(27(31)32)16-24(38-25)26-30-13-14-36-26)15-23(37-19-9-5-4-6-10-19)20-11-7-8-12-22(20)35-3/h7-8,11-14,16-17,19,23H,4-6,9-10,15H2,1-3H3,(H,33,34)/t23-/m0/s1. The van der Waals surface area contributed by atoms with Crippen molar-refractivity contribution in [2.45, 2.75) is 70.1 Å². The molecule has 0 bridgehead atoms. The van der Waals surface area contributed by atoms with Crippen LogP contribution in [0.5, 0.6) is 5.75 Å². The minimum atomic E-state index is -1.45. The van der Waals surface area contributed by atoms with Gasteiger partial charge < -0.3 is 19.0 Å². The Morgan fingerprint density at radius 2 is 2.03 bits per heavy atom. The number of hydrogen-bond donors (Lipinski definition) is 1. The topological polar surface area (TPSA) is 104 Å². The Hall–Kier alpha value is -3.43. The third kappa shape index (κ3) is 5.00. The fraction of sp³-hybridized carbons (Fsp3) is 0.414. The van der Waals surface area contributed by atoms with Crippen LogP contribution in [-0.2, 0) is 21.5 Å². The monoisotopic (exact) mass is 536 g/mol. The van der Waals surface area contributed by atoms with Gasteiger partial charge in [0.1, 0.15) is 17.6 Å². The van der Waals surface area contributed by atoms with Crippen molar-refractivity contribution in [3.8, 4) is 16.5 Å². The van der Waals surface area contributed by atoms with Crippen LogP contribution in [0.25, 0.3) is 20.9 Å². The number of hydrogen-bond acceptors (Lipinski definition) is 7. The number of nitrogens with zero attached hydrogens (tertiary/aromatic N) is 2. The number of ether oxygens (including phenoxy) is 2. The maximum atomic E-state index is 13.6. The summed E-state index contributed by atoms with van der Waals surface area (Å²) in [6.45, 7) is 3.06. The summed E-state index contributed by atoms with van der Waals surface area (Å²) in [5, 5.41) is 10.4. The second-order valence-corrected chi connectivity index (χ2v) is 11.3. The maximum Gasteiger partial charge on any atom is 0.329 e. The number of carboxylic acids is 1. The van der Waals surface area contributed by atoms with Gasteiger partial charge in [-0.3, -0.25) is 9.36 Å². The lowest BCUT2D eigenvalue weighted by Gasteiger charge is -2.29. The Kier molecular flexibility index (Phi) is 7.40. The molecule has 5 rings (SSSR count). The van der Waals surface area contributed by atoms with E-state index in [1.807, 2.05) is 24.3 Å². The average Bonchev–Trinajstić information content (AvgIpc) is 3.61. The van der Waals surface area contributed by atoms with Crippen LogP contribution in [-0.4, -0.2) is 33.8 Å². The van der Waals surface area contributed by atoms with Crippen LogP contribution >= 0.6 is 11.3 Å². The molecule has 0 amide bonds. The van der Waals surface area contributed by atoms with Crippen molar-refractivity contribution in [2.75, 3.05) is 7.11 Å². The van der Waals surface area contributed by atoms with Crippen molar-refractivity contribution in [3.05, 3.63) is 70.5 Å². The number of carboxylic acid groups (broad SMARTS) is 1. The van der Waals surface area contributed by atoms with Gasteiger partial charge in [-0.05, 0) is 44.4 Å². The van der Waals surface area contributed by atoms with E-state index >= 15 is 0 Å². The van der Waals surface area contributed by atoms with E-state index in [1.54, 1.807) is 25.6 Å². The van der Waals surface area contributed by atoms with E-state index in [9.17, 15) is 14.7 Å². The van der Waals surface area contributed by atoms with Crippen LogP contribution in [0.2, 0.25) is 0 Å². The fourth-order valence-corrected chi connectivity index (χ4v) is 6.21. The van der Waals surface area contributed by atoms with Crippen LogP contribution in [0.15, 0.2) is 58.2 Å². The molecule has 3 heterocycles. The molecule has 38 heavy (non-hydrogen) atoms. The molecule has 1 N–H and O–H groups in total. The van der Waals surface area contributed by atoms with E-state index in [2.05, 4.69) is 4.98 Å². The lowest BCUT2D eigenvalue weighted by molar-refractivity contribution is -0.145. The van der Waals surface area contributed by atoms with E-state index in [4.69, 9.17) is 13.9 Å². The predicted octanol–water partition coefficient (Wildman–Crippen LogP) is 6.18. The minimum Gasteiger partial charge on any atom is -0.496 e. The molecule has 0 radical (unpaired) electrons. The molecule has 1 fully saturated rings. The van der Waals surface area contributed by atoms with Gasteiger partial charge in [-0.25, -0.2) is 9.78 Å². The molecule has 3 aromatic heterocycles. The molecule has 8 nitrogen and oxygen atoms in total. The van der Waals surface area contributed by atoms with Gasteiger partial charge >= 0.3 is 5.97 Å². The number of benzene rings is 1. The van der Waals surface area contributed by atoms with Gasteiger partial charge in [0.15, 0.2) is 0 Å². The lowest BCUT2D eigenvalue weighted by Crippen LogP contribution is -2.42. The lowest BCUT2D eigenvalue weighted by atomic mass is 9.95. The molecule has 9 heteroatoms. The largest absolute Gasteiger partial charge is 0.496 e. The highest BCUT2D eigenvalue weighted by Crippen LogP contribution is 2.39. The quantitative estimate of drug-likeness (QED) is 0.272. The summed E-state index contributed by atoms with van der Waals surface area (Å²) in [7, 11) is 1.65. The Morgan fingerprint density at radius 1 is 1.26 bits per heavy atom. The Labute approximate surface area is 224 Å². The molecule has 1 aliphatic rings. The SMILES string of the molecule is COc1ccccc1[C@H](Cc1cn(C(C)(C)C(=O)O)c(=O)c2cc(-c3ncco3)sc12)OC1CCCCC1. The van der Waals surface area contributed by atoms with Crippen LogP contribution < -0.4 is 10.3 Å². The second-order valence-electron chi connectivity index (χ2n) is 10.2. The Balaban J connectivity index is 1.67. The number of carbonyl (C=O) groups is 1. The molecule has 0 spiro atoms. The number of pyridine rings is 1. The molecule has 4 aromatic rings. The molecular formula is C29H32N2O6S. The third-order valence-corrected chi connectivity index (χ3v) is 8.53. The van der Waals surface area contributed by atoms with E-state index in [0.29, 0.717) is 22.6 Å². The van der Waals surface area contributed by atoms with E-state index in [1.165, 1.54) is 42.4 Å². The van der Waals surface area contributed by atoms with Gasteiger partial charge in [0.25, 0.3) is 5.56 Å². The molecule has 1 atom stereocenters. The fourth-order valence-electron chi connectivity index (χ4n) is 5.10.